The molecule has 2 aromatic heterocycles. The molecule has 1 aliphatic heterocycles. The van der Waals surface area contributed by atoms with Crippen LogP contribution < -0.4 is 4.90 Å². The van der Waals surface area contributed by atoms with Gasteiger partial charge in [-0.1, -0.05) is 23.8 Å². The SMILES string of the molecule is Cc1cccc(-c2n[nH]c(=S)n2CCC(=O)N2CCCN(c3nc(C)cs3)CC2)c1. The lowest BCUT2D eigenvalue weighted by Gasteiger charge is -2.22. The molecule has 158 valence electrons. The fraction of sp³-hybridized carbons (Fsp3) is 0.429. The molecule has 1 amide bonds. The number of aromatic amines is 1. The standard InChI is InChI=1S/C21H26N6OS2/c1-15-5-3-6-17(13-15)19-23-24-20(29)27(19)10-7-18(28)25-8-4-9-26(12-11-25)21-22-16(2)14-30-21/h3,5-6,13-14H,4,7-12H2,1-2H3,(H,24,29). The normalized spacial score (nSPS) is 14.7. The predicted octanol–water partition coefficient (Wildman–Crippen LogP) is 3.81. The molecule has 0 atom stereocenters. The summed E-state index contributed by atoms with van der Waals surface area (Å²) in [5.74, 6) is 0.933. The van der Waals surface area contributed by atoms with Crippen molar-refractivity contribution in [1.29, 1.82) is 0 Å². The smallest absolute Gasteiger partial charge is 0.224 e. The number of rotatable bonds is 5. The molecule has 1 aliphatic rings. The van der Waals surface area contributed by atoms with Crippen molar-refractivity contribution < 1.29 is 4.79 Å². The number of carbonyl (C=O) groups excluding carboxylic acids is 1. The topological polar surface area (TPSA) is 70.1 Å². The molecule has 0 spiro atoms. The van der Waals surface area contributed by atoms with Crippen LogP contribution in [0.25, 0.3) is 11.4 Å². The molecule has 0 bridgehead atoms. The van der Waals surface area contributed by atoms with Crippen molar-refractivity contribution in [2.75, 3.05) is 31.1 Å². The molecular formula is C21H26N6OS2. The van der Waals surface area contributed by atoms with Crippen molar-refractivity contribution in [3.63, 3.8) is 0 Å². The summed E-state index contributed by atoms with van der Waals surface area (Å²) in [6, 6.07) is 8.14. The summed E-state index contributed by atoms with van der Waals surface area (Å²) in [6.07, 6.45) is 1.35. The van der Waals surface area contributed by atoms with Crippen LogP contribution in [0.1, 0.15) is 24.1 Å². The molecular weight excluding hydrogens is 416 g/mol. The minimum absolute atomic E-state index is 0.158. The summed E-state index contributed by atoms with van der Waals surface area (Å²) in [6.45, 7) is 7.83. The van der Waals surface area contributed by atoms with E-state index in [0.29, 0.717) is 17.7 Å². The number of hydrogen-bond donors (Lipinski definition) is 1. The fourth-order valence-corrected chi connectivity index (χ4v) is 4.82. The number of nitrogens with zero attached hydrogens (tertiary/aromatic N) is 5. The third-order valence-corrected chi connectivity index (χ3v) is 6.64. The van der Waals surface area contributed by atoms with Crippen molar-refractivity contribution in [2.24, 2.45) is 0 Å². The van der Waals surface area contributed by atoms with Crippen LogP contribution in [0, 0.1) is 18.6 Å². The molecule has 0 aliphatic carbocycles. The lowest BCUT2D eigenvalue weighted by atomic mass is 10.1. The quantitative estimate of drug-likeness (QED) is 0.609. The first-order chi connectivity index (χ1) is 14.5. The Labute approximate surface area is 185 Å². The van der Waals surface area contributed by atoms with E-state index in [1.165, 1.54) is 0 Å². The number of aromatic nitrogens is 4. The van der Waals surface area contributed by atoms with Gasteiger partial charge in [-0.3, -0.25) is 14.5 Å². The van der Waals surface area contributed by atoms with E-state index in [4.69, 9.17) is 12.2 Å². The highest BCUT2D eigenvalue weighted by atomic mass is 32.1. The van der Waals surface area contributed by atoms with Crippen molar-refractivity contribution in [1.82, 2.24) is 24.6 Å². The van der Waals surface area contributed by atoms with Gasteiger partial charge in [0.05, 0.1) is 5.69 Å². The zero-order chi connectivity index (χ0) is 21.1. The lowest BCUT2D eigenvalue weighted by molar-refractivity contribution is -0.131. The van der Waals surface area contributed by atoms with E-state index in [0.717, 1.165) is 60.4 Å². The highest BCUT2D eigenvalue weighted by Crippen LogP contribution is 2.22. The van der Waals surface area contributed by atoms with Crippen LogP contribution in [0.3, 0.4) is 0 Å². The second-order valence-electron chi connectivity index (χ2n) is 7.62. The zero-order valence-electron chi connectivity index (χ0n) is 17.3. The highest BCUT2D eigenvalue weighted by Gasteiger charge is 2.21. The maximum atomic E-state index is 12.9. The summed E-state index contributed by atoms with van der Waals surface area (Å²) in [5.41, 5.74) is 3.21. The third kappa shape index (κ3) is 4.62. The van der Waals surface area contributed by atoms with Crippen molar-refractivity contribution in [2.45, 2.75) is 33.2 Å². The Hall–Kier alpha value is -2.52. The Morgan fingerprint density at radius 2 is 2.10 bits per heavy atom. The molecule has 7 nitrogen and oxygen atoms in total. The molecule has 1 N–H and O–H groups in total. The van der Waals surface area contributed by atoms with Crippen molar-refractivity contribution in [3.8, 4) is 11.4 Å². The van der Waals surface area contributed by atoms with Crippen LogP contribution in [0.4, 0.5) is 5.13 Å². The number of thiazole rings is 1. The molecule has 1 fully saturated rings. The molecule has 4 rings (SSSR count). The molecule has 3 aromatic rings. The number of anilines is 1. The third-order valence-electron chi connectivity index (χ3n) is 5.31. The van der Waals surface area contributed by atoms with Gasteiger partial charge in [0.1, 0.15) is 0 Å². The number of benzene rings is 1. The Morgan fingerprint density at radius 1 is 1.23 bits per heavy atom. The van der Waals surface area contributed by atoms with Crippen molar-refractivity contribution >= 4 is 34.6 Å². The average Bonchev–Trinajstić information content (AvgIpc) is 3.23. The largest absolute Gasteiger partial charge is 0.346 e. The molecule has 30 heavy (non-hydrogen) atoms. The van der Waals surface area contributed by atoms with Crippen LogP contribution >= 0.6 is 23.6 Å². The second kappa shape index (κ2) is 9.09. The van der Waals surface area contributed by atoms with Crippen LogP contribution in [0.15, 0.2) is 29.6 Å². The Morgan fingerprint density at radius 3 is 2.87 bits per heavy atom. The molecule has 3 heterocycles. The van der Waals surface area contributed by atoms with E-state index in [1.807, 2.05) is 41.5 Å². The van der Waals surface area contributed by atoms with Gasteiger partial charge in [0, 0.05) is 50.1 Å². The summed E-state index contributed by atoms with van der Waals surface area (Å²) in [7, 11) is 0. The van der Waals surface area contributed by atoms with Gasteiger partial charge in [-0.15, -0.1) is 11.3 Å². The maximum absolute atomic E-state index is 12.9. The van der Waals surface area contributed by atoms with Gasteiger partial charge < -0.3 is 9.80 Å². The first kappa shape index (κ1) is 20.7. The minimum Gasteiger partial charge on any atom is -0.346 e. The van der Waals surface area contributed by atoms with E-state index in [9.17, 15) is 4.79 Å². The molecule has 1 aromatic carbocycles. The monoisotopic (exact) mass is 442 g/mol. The number of hydrogen-bond acceptors (Lipinski definition) is 6. The van der Waals surface area contributed by atoms with Gasteiger partial charge in [0.15, 0.2) is 15.7 Å². The average molecular weight is 443 g/mol. The first-order valence-electron chi connectivity index (χ1n) is 10.2. The van der Waals surface area contributed by atoms with Gasteiger partial charge in [0.25, 0.3) is 0 Å². The van der Waals surface area contributed by atoms with Gasteiger partial charge >= 0.3 is 0 Å². The van der Waals surface area contributed by atoms with Crippen LogP contribution in [0.2, 0.25) is 0 Å². The summed E-state index contributed by atoms with van der Waals surface area (Å²) in [4.78, 5) is 21.8. The van der Waals surface area contributed by atoms with E-state index in [-0.39, 0.29) is 5.91 Å². The lowest BCUT2D eigenvalue weighted by Crippen LogP contribution is -2.35. The fourth-order valence-electron chi connectivity index (χ4n) is 3.74. The Balaban J connectivity index is 1.39. The van der Waals surface area contributed by atoms with Gasteiger partial charge in [-0.05, 0) is 38.6 Å². The number of aryl methyl sites for hydroxylation is 2. The van der Waals surface area contributed by atoms with E-state index in [2.05, 4.69) is 31.5 Å². The van der Waals surface area contributed by atoms with Gasteiger partial charge in [0.2, 0.25) is 5.91 Å². The van der Waals surface area contributed by atoms with Gasteiger partial charge in [-0.25, -0.2) is 4.98 Å². The van der Waals surface area contributed by atoms with E-state index in [1.54, 1.807) is 11.3 Å². The molecule has 0 radical (unpaired) electrons. The van der Waals surface area contributed by atoms with Crippen LogP contribution in [0.5, 0.6) is 0 Å². The molecule has 9 heteroatoms. The minimum atomic E-state index is 0.158. The Kier molecular flexibility index (Phi) is 6.29. The maximum Gasteiger partial charge on any atom is 0.224 e. The first-order valence-corrected chi connectivity index (χ1v) is 11.5. The van der Waals surface area contributed by atoms with E-state index >= 15 is 0 Å². The number of H-pyrrole nitrogens is 1. The summed E-state index contributed by atoms with van der Waals surface area (Å²) < 4.78 is 2.46. The summed E-state index contributed by atoms with van der Waals surface area (Å²) >= 11 is 7.09. The highest BCUT2D eigenvalue weighted by molar-refractivity contribution is 7.71. The molecule has 0 unspecified atom stereocenters. The van der Waals surface area contributed by atoms with E-state index < -0.39 is 0 Å². The van der Waals surface area contributed by atoms with Crippen LogP contribution in [-0.2, 0) is 11.3 Å². The molecule has 1 saturated heterocycles. The summed E-state index contributed by atoms with van der Waals surface area (Å²) in [5, 5.41) is 10.4. The zero-order valence-corrected chi connectivity index (χ0v) is 18.9. The number of carbonyl (C=O) groups is 1. The second-order valence-corrected chi connectivity index (χ2v) is 8.84. The van der Waals surface area contributed by atoms with Crippen molar-refractivity contribution in [3.05, 3.63) is 45.7 Å². The molecule has 0 saturated carbocycles. The Bertz CT molecular complexity index is 1090. The van der Waals surface area contributed by atoms with Gasteiger partial charge in [-0.2, -0.15) is 5.10 Å². The predicted molar refractivity (Wildman–Crippen MR) is 122 cm³/mol. The number of nitrogens with one attached hydrogen (secondary N) is 1. The number of amides is 1. The van der Waals surface area contributed by atoms with Crippen LogP contribution in [-0.4, -0.2) is 56.7 Å².